The third kappa shape index (κ3) is 2.50. The molecule has 1 saturated heterocycles. The van der Waals surface area contributed by atoms with Crippen LogP contribution in [0.5, 0.6) is 0 Å². The van der Waals surface area contributed by atoms with Crippen LogP contribution in [-0.2, 0) is 0 Å². The largest absolute Gasteiger partial charge is 0.361 e. The number of nitrogens with one attached hydrogen (secondary N) is 1. The van der Waals surface area contributed by atoms with E-state index in [9.17, 15) is 4.79 Å². The quantitative estimate of drug-likeness (QED) is 0.749. The van der Waals surface area contributed by atoms with Gasteiger partial charge in [0.2, 0.25) is 0 Å². The molecule has 140 valence electrons. The molecule has 0 aromatic carbocycles. The number of hydrogen-bond donors (Lipinski definition) is 1. The molecule has 1 amide bonds. The number of hydrogen-bond acceptors (Lipinski definition) is 6. The van der Waals surface area contributed by atoms with Gasteiger partial charge in [-0.1, -0.05) is 5.16 Å². The highest BCUT2D eigenvalue weighted by atomic mass is 16.5. The Hall–Kier alpha value is -2.90. The first-order chi connectivity index (χ1) is 13.1. The number of H-pyrrole nitrogens is 1. The molecule has 0 bridgehead atoms. The lowest BCUT2D eigenvalue weighted by atomic mass is 10.1. The Morgan fingerprint density at radius 2 is 2.11 bits per heavy atom. The van der Waals surface area contributed by atoms with E-state index in [2.05, 4.69) is 29.9 Å². The van der Waals surface area contributed by atoms with Crippen molar-refractivity contribution in [2.45, 2.75) is 38.6 Å². The Morgan fingerprint density at radius 1 is 1.26 bits per heavy atom. The van der Waals surface area contributed by atoms with Gasteiger partial charge in [0, 0.05) is 25.8 Å². The number of carbonyl (C=O) groups excluding carboxylic acids is 1. The molecule has 0 radical (unpaired) electrons. The van der Waals surface area contributed by atoms with Crippen LogP contribution in [0.1, 0.15) is 41.1 Å². The van der Waals surface area contributed by atoms with Crippen molar-refractivity contribution in [1.82, 2.24) is 25.0 Å². The number of amides is 1. The van der Waals surface area contributed by atoms with Crippen molar-refractivity contribution in [3.63, 3.8) is 0 Å². The fourth-order valence-electron chi connectivity index (χ4n) is 4.28. The van der Waals surface area contributed by atoms with Gasteiger partial charge in [0.05, 0.1) is 16.6 Å². The molecule has 1 aliphatic carbocycles. The van der Waals surface area contributed by atoms with Crippen molar-refractivity contribution in [1.29, 1.82) is 0 Å². The minimum atomic E-state index is -0.128. The fourth-order valence-corrected chi connectivity index (χ4v) is 4.28. The van der Waals surface area contributed by atoms with Crippen molar-refractivity contribution in [2.24, 2.45) is 0 Å². The summed E-state index contributed by atoms with van der Waals surface area (Å²) in [6.07, 6.45) is 6.42. The van der Waals surface area contributed by atoms with E-state index in [1.807, 2.05) is 19.2 Å². The first-order valence-corrected chi connectivity index (χ1v) is 9.37. The van der Waals surface area contributed by atoms with E-state index in [1.54, 1.807) is 13.3 Å². The number of carbonyl (C=O) groups is 1. The van der Waals surface area contributed by atoms with Gasteiger partial charge in [-0.3, -0.25) is 4.79 Å². The van der Waals surface area contributed by atoms with Crippen molar-refractivity contribution in [2.75, 3.05) is 24.5 Å². The molecule has 4 heterocycles. The number of aryl methyl sites for hydroxylation is 2. The molecule has 2 fully saturated rings. The van der Waals surface area contributed by atoms with E-state index in [-0.39, 0.29) is 11.4 Å². The highest BCUT2D eigenvalue weighted by Gasteiger charge is 2.53. The van der Waals surface area contributed by atoms with Crippen LogP contribution in [0.15, 0.2) is 23.1 Å². The second-order valence-electron chi connectivity index (χ2n) is 7.59. The van der Waals surface area contributed by atoms with Crippen LogP contribution in [0.3, 0.4) is 0 Å². The lowest BCUT2D eigenvalue weighted by Gasteiger charge is -2.32. The van der Waals surface area contributed by atoms with Crippen LogP contribution in [0.2, 0.25) is 0 Å². The average molecular weight is 366 g/mol. The van der Waals surface area contributed by atoms with E-state index in [0.29, 0.717) is 17.0 Å². The van der Waals surface area contributed by atoms with Gasteiger partial charge in [0.15, 0.2) is 0 Å². The van der Waals surface area contributed by atoms with Crippen LogP contribution >= 0.6 is 0 Å². The first kappa shape index (κ1) is 16.3. The number of nitrogens with zero attached hydrogens (tertiary/aromatic N) is 5. The van der Waals surface area contributed by atoms with E-state index >= 15 is 0 Å². The molecule has 8 nitrogen and oxygen atoms in total. The molecular formula is C19H22N6O2. The van der Waals surface area contributed by atoms with Gasteiger partial charge in [0.25, 0.3) is 5.91 Å². The first-order valence-electron chi connectivity index (χ1n) is 9.37. The van der Waals surface area contributed by atoms with E-state index in [0.717, 1.165) is 55.7 Å². The molecular weight excluding hydrogens is 344 g/mol. The molecule has 1 aliphatic heterocycles. The molecule has 1 N–H and O–H groups in total. The summed E-state index contributed by atoms with van der Waals surface area (Å²) in [6.45, 7) is 6.03. The number of rotatable bonds is 2. The van der Waals surface area contributed by atoms with Gasteiger partial charge in [-0.05, 0) is 39.2 Å². The standard InChI is InChI=1S/C19H22N6O2/c1-12-15(13(2)27-23-12)18(26)25-9-3-8-24(10-19(25)5-6-19)17-14-4-7-20-16(14)21-11-22-17/h4,7,11H,3,5-6,8-10H2,1-2H3,(H,20,21,22). The molecule has 0 unspecified atom stereocenters. The minimum Gasteiger partial charge on any atom is -0.361 e. The highest BCUT2D eigenvalue weighted by Crippen LogP contribution is 2.45. The highest BCUT2D eigenvalue weighted by molar-refractivity contribution is 5.97. The molecule has 0 atom stereocenters. The van der Waals surface area contributed by atoms with Gasteiger partial charge < -0.3 is 19.3 Å². The van der Waals surface area contributed by atoms with Crippen LogP contribution in [0, 0.1) is 13.8 Å². The molecule has 2 aliphatic rings. The van der Waals surface area contributed by atoms with Gasteiger partial charge in [0.1, 0.15) is 29.1 Å². The number of aromatic amines is 1. The van der Waals surface area contributed by atoms with Crippen molar-refractivity contribution in [3.05, 3.63) is 35.6 Å². The van der Waals surface area contributed by atoms with Crippen molar-refractivity contribution in [3.8, 4) is 0 Å². The summed E-state index contributed by atoms with van der Waals surface area (Å²) in [6, 6.07) is 2.02. The van der Waals surface area contributed by atoms with Crippen LogP contribution in [0.4, 0.5) is 5.82 Å². The minimum absolute atomic E-state index is 0.0417. The number of aromatic nitrogens is 4. The molecule has 3 aromatic rings. The normalized spacial score (nSPS) is 18.9. The Balaban J connectivity index is 1.48. The maximum absolute atomic E-state index is 13.3. The van der Waals surface area contributed by atoms with Crippen LogP contribution in [-0.4, -0.2) is 56.1 Å². The Labute approximate surface area is 156 Å². The number of anilines is 1. The van der Waals surface area contributed by atoms with E-state index in [1.165, 1.54) is 0 Å². The van der Waals surface area contributed by atoms with Crippen molar-refractivity contribution >= 4 is 22.8 Å². The predicted molar refractivity (Wildman–Crippen MR) is 99.7 cm³/mol. The van der Waals surface area contributed by atoms with Gasteiger partial charge >= 0.3 is 0 Å². The second kappa shape index (κ2) is 5.80. The summed E-state index contributed by atoms with van der Waals surface area (Å²) in [7, 11) is 0. The third-order valence-corrected chi connectivity index (χ3v) is 5.82. The summed E-state index contributed by atoms with van der Waals surface area (Å²) in [4.78, 5) is 29.7. The molecule has 1 saturated carbocycles. The molecule has 3 aromatic heterocycles. The lowest BCUT2D eigenvalue weighted by Crippen LogP contribution is -2.47. The van der Waals surface area contributed by atoms with Gasteiger partial charge in [-0.25, -0.2) is 9.97 Å². The van der Waals surface area contributed by atoms with Gasteiger partial charge in [-0.15, -0.1) is 0 Å². The smallest absolute Gasteiger partial charge is 0.259 e. The zero-order valence-corrected chi connectivity index (χ0v) is 15.5. The topological polar surface area (TPSA) is 91.2 Å². The predicted octanol–water partition coefficient (Wildman–Crippen LogP) is 2.45. The second-order valence-corrected chi connectivity index (χ2v) is 7.59. The van der Waals surface area contributed by atoms with Crippen LogP contribution < -0.4 is 4.90 Å². The van der Waals surface area contributed by atoms with E-state index < -0.39 is 0 Å². The molecule has 5 rings (SSSR count). The van der Waals surface area contributed by atoms with E-state index in [4.69, 9.17) is 4.52 Å². The fraction of sp³-hybridized carbons (Fsp3) is 0.474. The van der Waals surface area contributed by atoms with Crippen LogP contribution in [0.25, 0.3) is 11.0 Å². The Morgan fingerprint density at radius 3 is 2.85 bits per heavy atom. The molecule has 27 heavy (non-hydrogen) atoms. The monoisotopic (exact) mass is 366 g/mol. The summed E-state index contributed by atoms with van der Waals surface area (Å²) >= 11 is 0. The maximum atomic E-state index is 13.3. The Kier molecular flexibility index (Phi) is 3.50. The molecule has 8 heteroatoms. The number of fused-ring (bicyclic) bond motifs is 1. The average Bonchev–Trinajstić information content (AvgIpc) is 3.19. The summed E-state index contributed by atoms with van der Waals surface area (Å²) in [5.41, 5.74) is 2.00. The van der Waals surface area contributed by atoms with Gasteiger partial charge in [-0.2, -0.15) is 0 Å². The maximum Gasteiger partial charge on any atom is 0.259 e. The molecule has 1 spiro atoms. The third-order valence-electron chi connectivity index (χ3n) is 5.82. The zero-order valence-electron chi connectivity index (χ0n) is 15.5. The summed E-state index contributed by atoms with van der Waals surface area (Å²) in [5.74, 6) is 1.58. The zero-order chi connectivity index (χ0) is 18.6. The summed E-state index contributed by atoms with van der Waals surface area (Å²) in [5, 5.41) is 4.99. The lowest BCUT2D eigenvalue weighted by molar-refractivity contribution is 0.0667. The SMILES string of the molecule is Cc1noc(C)c1C(=O)N1CCCN(c2ncnc3[nH]ccc23)CC12CC2. The summed E-state index contributed by atoms with van der Waals surface area (Å²) < 4.78 is 5.23. The van der Waals surface area contributed by atoms with Crippen molar-refractivity contribution < 1.29 is 9.32 Å². The Bertz CT molecular complexity index is 999.